The molecule has 0 spiro atoms. The minimum Gasteiger partial charge on any atom is -0.328 e. The van der Waals surface area contributed by atoms with E-state index < -0.39 is 28.7 Å². The minimum atomic E-state index is -4.50. The zero-order chi connectivity index (χ0) is 28.2. The SMILES string of the molecule is CC(NC(=O)Nc1ccc(C(F)(F)F)cc1)c1nnc(SCc2ccc(F)cc2)n1-c1ccc([N+](=O)[O-])cc1. The van der Waals surface area contributed by atoms with E-state index in [9.17, 15) is 32.5 Å². The Kier molecular flexibility index (Phi) is 8.14. The highest BCUT2D eigenvalue weighted by Gasteiger charge is 2.30. The molecule has 0 aliphatic heterocycles. The van der Waals surface area contributed by atoms with Gasteiger partial charge < -0.3 is 10.6 Å². The Morgan fingerprint density at radius 2 is 1.67 bits per heavy atom. The van der Waals surface area contributed by atoms with Gasteiger partial charge in [0.2, 0.25) is 0 Å². The fraction of sp³-hybridized carbons (Fsp3) is 0.160. The van der Waals surface area contributed by atoms with Crippen LogP contribution < -0.4 is 10.6 Å². The average molecular weight is 561 g/mol. The number of nitro groups is 1. The molecule has 2 N–H and O–H groups in total. The molecule has 39 heavy (non-hydrogen) atoms. The van der Waals surface area contributed by atoms with Crippen molar-refractivity contribution in [1.82, 2.24) is 20.1 Å². The van der Waals surface area contributed by atoms with Crippen molar-refractivity contribution in [3.05, 3.63) is 106 Å². The number of hydrogen-bond donors (Lipinski definition) is 2. The maximum Gasteiger partial charge on any atom is 0.416 e. The number of alkyl halides is 3. The third-order valence-electron chi connectivity index (χ3n) is 5.46. The number of urea groups is 1. The Balaban J connectivity index is 1.55. The average Bonchev–Trinajstić information content (AvgIpc) is 3.32. The monoisotopic (exact) mass is 560 g/mol. The van der Waals surface area contributed by atoms with E-state index in [1.54, 1.807) is 23.6 Å². The number of nitrogens with one attached hydrogen (secondary N) is 2. The van der Waals surface area contributed by atoms with E-state index in [2.05, 4.69) is 20.8 Å². The molecule has 2 amide bonds. The van der Waals surface area contributed by atoms with Crippen molar-refractivity contribution in [3.8, 4) is 5.69 Å². The predicted octanol–water partition coefficient (Wildman–Crippen LogP) is 6.51. The molecule has 0 aliphatic rings. The number of nitro benzene ring substituents is 1. The molecule has 0 aliphatic carbocycles. The van der Waals surface area contributed by atoms with Crippen molar-refractivity contribution >= 4 is 29.2 Å². The molecule has 14 heteroatoms. The molecule has 3 aromatic carbocycles. The first-order valence-electron chi connectivity index (χ1n) is 11.3. The highest BCUT2D eigenvalue weighted by Crippen LogP contribution is 2.30. The number of nitrogens with zero attached hydrogens (tertiary/aromatic N) is 4. The molecule has 0 radical (unpaired) electrons. The van der Waals surface area contributed by atoms with Gasteiger partial charge in [0.1, 0.15) is 5.82 Å². The van der Waals surface area contributed by atoms with Gasteiger partial charge in [-0.1, -0.05) is 23.9 Å². The topological polar surface area (TPSA) is 115 Å². The van der Waals surface area contributed by atoms with E-state index in [1.807, 2.05) is 0 Å². The van der Waals surface area contributed by atoms with Crippen molar-refractivity contribution in [2.75, 3.05) is 5.32 Å². The third kappa shape index (κ3) is 6.90. The normalized spacial score (nSPS) is 12.1. The van der Waals surface area contributed by atoms with Gasteiger partial charge in [0.25, 0.3) is 5.69 Å². The number of carbonyl (C=O) groups excluding carboxylic acids is 1. The van der Waals surface area contributed by atoms with E-state index in [4.69, 9.17) is 0 Å². The summed E-state index contributed by atoms with van der Waals surface area (Å²) in [5.41, 5.74) is 0.516. The summed E-state index contributed by atoms with van der Waals surface area (Å²) in [5.74, 6) is 0.351. The standard InChI is InChI=1S/C25H20F4N6O3S/c1-15(30-23(36)31-19-8-4-17(5-9-19)25(27,28)29)22-32-33-24(39-14-16-2-6-18(26)7-3-16)34(22)20-10-12-21(13-11-20)35(37)38/h2-13,15H,14H2,1H3,(H2,30,31,36). The summed E-state index contributed by atoms with van der Waals surface area (Å²) < 4.78 is 53.2. The Labute approximate surface area is 223 Å². The number of amides is 2. The van der Waals surface area contributed by atoms with Crippen LogP contribution in [0.4, 0.5) is 33.7 Å². The Morgan fingerprint density at radius 3 is 2.26 bits per heavy atom. The lowest BCUT2D eigenvalue weighted by Gasteiger charge is -2.17. The summed E-state index contributed by atoms with van der Waals surface area (Å²) in [6, 6.07) is 14.2. The number of aromatic nitrogens is 3. The second-order valence-corrected chi connectivity index (χ2v) is 9.20. The van der Waals surface area contributed by atoms with Gasteiger partial charge in [0.05, 0.1) is 16.5 Å². The first-order valence-corrected chi connectivity index (χ1v) is 12.3. The number of anilines is 1. The summed E-state index contributed by atoms with van der Waals surface area (Å²) in [6.45, 7) is 1.63. The summed E-state index contributed by atoms with van der Waals surface area (Å²) in [7, 11) is 0. The molecule has 9 nitrogen and oxygen atoms in total. The number of rotatable bonds is 8. The van der Waals surface area contributed by atoms with Gasteiger partial charge in [0, 0.05) is 29.3 Å². The zero-order valence-corrected chi connectivity index (χ0v) is 21.0. The molecule has 1 unspecified atom stereocenters. The lowest BCUT2D eigenvalue weighted by Crippen LogP contribution is -2.32. The molecule has 0 fully saturated rings. The number of thioether (sulfide) groups is 1. The van der Waals surface area contributed by atoms with Crippen molar-refractivity contribution in [3.63, 3.8) is 0 Å². The van der Waals surface area contributed by atoms with Gasteiger partial charge in [0.15, 0.2) is 11.0 Å². The number of non-ortho nitro benzene ring substituents is 1. The Hall–Kier alpha value is -4.46. The predicted molar refractivity (Wildman–Crippen MR) is 136 cm³/mol. The number of benzene rings is 3. The van der Waals surface area contributed by atoms with Gasteiger partial charge >= 0.3 is 12.2 Å². The fourth-order valence-corrected chi connectivity index (χ4v) is 4.44. The van der Waals surface area contributed by atoms with E-state index in [-0.39, 0.29) is 17.2 Å². The fourth-order valence-electron chi connectivity index (χ4n) is 3.52. The molecule has 1 atom stereocenters. The molecular weight excluding hydrogens is 540 g/mol. The second kappa shape index (κ2) is 11.5. The van der Waals surface area contributed by atoms with Crippen molar-refractivity contribution < 1.29 is 27.3 Å². The summed E-state index contributed by atoms with van der Waals surface area (Å²) >= 11 is 1.29. The molecule has 202 valence electrons. The maximum atomic E-state index is 13.3. The first kappa shape index (κ1) is 27.6. The van der Waals surface area contributed by atoms with Gasteiger partial charge in [-0.05, 0) is 61.0 Å². The molecule has 0 saturated carbocycles. The lowest BCUT2D eigenvalue weighted by atomic mass is 10.2. The van der Waals surface area contributed by atoms with Crippen molar-refractivity contribution in [2.45, 2.75) is 30.1 Å². The molecule has 1 aromatic heterocycles. The zero-order valence-electron chi connectivity index (χ0n) is 20.1. The Morgan fingerprint density at radius 1 is 1.03 bits per heavy atom. The molecule has 4 aromatic rings. The van der Waals surface area contributed by atoms with E-state index in [0.717, 1.165) is 29.8 Å². The van der Waals surface area contributed by atoms with E-state index in [1.165, 1.54) is 48.2 Å². The number of carbonyl (C=O) groups is 1. The lowest BCUT2D eigenvalue weighted by molar-refractivity contribution is -0.384. The molecule has 0 saturated heterocycles. The smallest absolute Gasteiger partial charge is 0.328 e. The summed E-state index contributed by atoms with van der Waals surface area (Å²) in [4.78, 5) is 23.1. The van der Waals surface area contributed by atoms with Crippen molar-refractivity contribution in [1.29, 1.82) is 0 Å². The molecule has 1 heterocycles. The van der Waals surface area contributed by atoms with Crippen LogP contribution >= 0.6 is 11.8 Å². The molecule has 4 rings (SSSR count). The van der Waals surface area contributed by atoms with Crippen LogP contribution in [0.1, 0.15) is 29.9 Å². The van der Waals surface area contributed by atoms with Crippen LogP contribution in [0.25, 0.3) is 5.69 Å². The second-order valence-electron chi connectivity index (χ2n) is 8.26. The van der Waals surface area contributed by atoms with Crippen molar-refractivity contribution in [2.24, 2.45) is 0 Å². The van der Waals surface area contributed by atoms with Crippen LogP contribution in [-0.2, 0) is 11.9 Å². The highest BCUT2D eigenvalue weighted by atomic mass is 32.2. The van der Waals surface area contributed by atoms with E-state index >= 15 is 0 Å². The van der Waals surface area contributed by atoms with Crippen LogP contribution in [0.3, 0.4) is 0 Å². The van der Waals surface area contributed by atoms with Crippen LogP contribution in [-0.4, -0.2) is 25.7 Å². The molecule has 0 bridgehead atoms. The van der Waals surface area contributed by atoms with Gasteiger partial charge in [-0.3, -0.25) is 14.7 Å². The summed E-state index contributed by atoms with van der Waals surface area (Å²) in [5, 5.41) is 25.1. The summed E-state index contributed by atoms with van der Waals surface area (Å²) in [6.07, 6.45) is -4.50. The first-order chi connectivity index (χ1) is 18.5. The minimum absolute atomic E-state index is 0.115. The quantitative estimate of drug-likeness (QED) is 0.110. The largest absolute Gasteiger partial charge is 0.416 e. The van der Waals surface area contributed by atoms with Gasteiger partial charge in [-0.25, -0.2) is 9.18 Å². The third-order valence-corrected chi connectivity index (χ3v) is 6.46. The van der Waals surface area contributed by atoms with Crippen LogP contribution in [0.15, 0.2) is 78.0 Å². The Bertz CT molecular complexity index is 1460. The van der Waals surface area contributed by atoms with Crippen LogP contribution in [0, 0.1) is 15.9 Å². The maximum absolute atomic E-state index is 13.3. The van der Waals surface area contributed by atoms with Gasteiger partial charge in [-0.15, -0.1) is 10.2 Å². The highest BCUT2D eigenvalue weighted by molar-refractivity contribution is 7.98. The molecular formula is C25H20F4N6O3S. The van der Waals surface area contributed by atoms with E-state index in [0.29, 0.717) is 22.4 Å². The number of halogens is 4. The van der Waals surface area contributed by atoms with Crippen LogP contribution in [0.2, 0.25) is 0 Å². The van der Waals surface area contributed by atoms with Gasteiger partial charge in [-0.2, -0.15) is 13.2 Å². The van der Waals surface area contributed by atoms with Crippen LogP contribution in [0.5, 0.6) is 0 Å². The number of hydrogen-bond acceptors (Lipinski definition) is 6.